The van der Waals surface area contributed by atoms with Crippen molar-refractivity contribution in [2.24, 2.45) is 41.4 Å². The number of benzene rings is 1. The van der Waals surface area contributed by atoms with Crippen LogP contribution in [-0.4, -0.2) is 27.8 Å². The zero-order valence-corrected chi connectivity index (χ0v) is 12.9. The maximum Gasteiger partial charge on any atom is 0.307 e. The Labute approximate surface area is 139 Å². The Morgan fingerprint density at radius 2 is 1.50 bits per heavy atom. The lowest BCUT2D eigenvalue weighted by atomic mass is 9.63. The molecule has 0 unspecified atom stereocenters. The molecule has 24 heavy (non-hydrogen) atoms. The van der Waals surface area contributed by atoms with Crippen LogP contribution in [0.25, 0.3) is 0 Å². The van der Waals surface area contributed by atoms with Crippen LogP contribution in [0.2, 0.25) is 0 Å². The highest BCUT2D eigenvalue weighted by atomic mass is 16.4. The molecule has 2 amide bonds. The molecule has 1 N–H and O–H groups in total. The second-order valence-corrected chi connectivity index (χ2v) is 7.36. The topological polar surface area (TPSA) is 74.7 Å². The third-order valence-electron chi connectivity index (χ3n) is 6.36. The highest BCUT2D eigenvalue weighted by Gasteiger charge is 2.73. The van der Waals surface area contributed by atoms with Crippen LogP contribution in [0.3, 0.4) is 0 Å². The quantitative estimate of drug-likeness (QED) is 0.676. The van der Waals surface area contributed by atoms with Gasteiger partial charge < -0.3 is 5.11 Å². The zero-order valence-electron chi connectivity index (χ0n) is 12.9. The summed E-state index contributed by atoms with van der Waals surface area (Å²) in [5.74, 6) is -2.26. The molecule has 1 aromatic rings. The standard InChI is InChI=1S/C19H17NO4/c21-17-14-10-6-7-11(13-12(10)16(13)19(23)24)15(14)18(22)20(17)8-9-4-2-1-3-5-9/h1-7,10-16H,8H2,(H,23,24)/t10-,11-,12-,13-,14+,15+/m1/s1. The molecule has 6 atom stereocenters. The fraction of sp³-hybridized carbons (Fsp3) is 0.421. The van der Waals surface area contributed by atoms with Crippen LogP contribution in [0.5, 0.6) is 0 Å². The second-order valence-electron chi connectivity index (χ2n) is 7.36. The van der Waals surface area contributed by atoms with Crippen LogP contribution in [-0.2, 0) is 20.9 Å². The van der Waals surface area contributed by atoms with Crippen molar-refractivity contribution in [3.63, 3.8) is 0 Å². The molecule has 2 saturated carbocycles. The van der Waals surface area contributed by atoms with E-state index in [1.165, 1.54) is 4.90 Å². The number of allylic oxidation sites excluding steroid dienone is 2. The lowest BCUT2D eigenvalue weighted by Gasteiger charge is -2.37. The first-order chi connectivity index (χ1) is 11.6. The third kappa shape index (κ3) is 1.62. The van der Waals surface area contributed by atoms with Gasteiger partial charge in [-0.3, -0.25) is 19.3 Å². The van der Waals surface area contributed by atoms with Gasteiger partial charge in [-0.05, 0) is 29.2 Å². The summed E-state index contributed by atoms with van der Waals surface area (Å²) in [6.07, 6.45) is 3.99. The van der Waals surface area contributed by atoms with Gasteiger partial charge in [0.1, 0.15) is 0 Å². The van der Waals surface area contributed by atoms with Crippen molar-refractivity contribution < 1.29 is 19.5 Å². The highest BCUT2D eigenvalue weighted by Crippen LogP contribution is 2.68. The van der Waals surface area contributed by atoms with Gasteiger partial charge >= 0.3 is 5.97 Å². The average molecular weight is 323 g/mol. The number of aliphatic carboxylic acids is 1. The van der Waals surface area contributed by atoms with Gasteiger partial charge in [0.25, 0.3) is 0 Å². The predicted molar refractivity (Wildman–Crippen MR) is 83.2 cm³/mol. The van der Waals surface area contributed by atoms with Crippen LogP contribution in [0.4, 0.5) is 0 Å². The molecule has 4 aliphatic carbocycles. The van der Waals surface area contributed by atoms with E-state index in [2.05, 4.69) is 0 Å². The third-order valence-corrected chi connectivity index (χ3v) is 6.36. The highest BCUT2D eigenvalue weighted by molar-refractivity contribution is 6.06. The first-order valence-corrected chi connectivity index (χ1v) is 8.40. The van der Waals surface area contributed by atoms with E-state index in [9.17, 15) is 19.5 Å². The lowest BCUT2D eigenvalue weighted by Crippen LogP contribution is -2.40. The number of imide groups is 1. The largest absolute Gasteiger partial charge is 0.481 e. The molecule has 1 aliphatic heterocycles. The number of hydrogen-bond acceptors (Lipinski definition) is 3. The molecule has 0 aromatic heterocycles. The number of carboxylic acid groups (broad SMARTS) is 1. The Kier molecular flexibility index (Phi) is 2.65. The zero-order chi connectivity index (χ0) is 16.6. The number of nitrogens with zero attached hydrogens (tertiary/aromatic N) is 1. The molecule has 0 radical (unpaired) electrons. The fourth-order valence-corrected chi connectivity index (χ4v) is 5.42. The van der Waals surface area contributed by atoms with Gasteiger partial charge in [0.15, 0.2) is 0 Å². The van der Waals surface area contributed by atoms with Crippen molar-refractivity contribution in [3.05, 3.63) is 48.0 Å². The molecule has 3 fully saturated rings. The average Bonchev–Trinajstić information content (AvgIpc) is 3.31. The molecule has 0 spiro atoms. The van der Waals surface area contributed by atoms with Crippen LogP contribution in [0.15, 0.2) is 42.5 Å². The summed E-state index contributed by atoms with van der Waals surface area (Å²) in [6.45, 7) is 0.308. The van der Waals surface area contributed by atoms with Gasteiger partial charge in [0, 0.05) is 0 Å². The number of hydrogen-bond donors (Lipinski definition) is 1. The summed E-state index contributed by atoms with van der Waals surface area (Å²) in [5, 5.41) is 9.38. The molecule has 5 heteroatoms. The molecule has 122 valence electrons. The number of carboxylic acids is 1. The van der Waals surface area contributed by atoms with Crippen LogP contribution < -0.4 is 0 Å². The Bertz CT molecular complexity index is 748. The number of amides is 2. The van der Waals surface area contributed by atoms with Gasteiger partial charge in [-0.25, -0.2) is 0 Å². The Morgan fingerprint density at radius 3 is 2.00 bits per heavy atom. The van der Waals surface area contributed by atoms with Gasteiger partial charge in [0.2, 0.25) is 11.8 Å². The SMILES string of the molecule is O=C(O)C1[C@@H]2[C@H]3C=C[C@@H]([C@@H]4C(=O)N(Cc5ccccc5)C(=O)[C@@H]34)[C@@H]12. The predicted octanol–water partition coefficient (Wildman–Crippen LogP) is 1.55. The normalized spacial score (nSPS) is 41.3. The minimum Gasteiger partial charge on any atom is -0.481 e. The molecular formula is C19H17NO4. The van der Waals surface area contributed by atoms with E-state index in [-0.39, 0.29) is 53.2 Å². The summed E-state index contributed by atoms with van der Waals surface area (Å²) >= 11 is 0. The number of likely N-dealkylation sites (tertiary alicyclic amines) is 1. The van der Waals surface area contributed by atoms with Crippen molar-refractivity contribution in [2.45, 2.75) is 6.54 Å². The maximum atomic E-state index is 12.9. The summed E-state index contributed by atoms with van der Waals surface area (Å²) in [7, 11) is 0. The smallest absolute Gasteiger partial charge is 0.307 e. The number of carbonyl (C=O) groups is 3. The molecule has 1 saturated heterocycles. The number of rotatable bonds is 3. The molecule has 6 rings (SSSR count). The van der Waals surface area contributed by atoms with Crippen molar-refractivity contribution in [1.29, 1.82) is 0 Å². The maximum absolute atomic E-state index is 12.9. The summed E-state index contributed by atoms with van der Waals surface area (Å²) < 4.78 is 0. The monoisotopic (exact) mass is 323 g/mol. The van der Waals surface area contributed by atoms with Crippen LogP contribution in [0.1, 0.15) is 5.56 Å². The van der Waals surface area contributed by atoms with Crippen LogP contribution in [0, 0.1) is 41.4 Å². The van der Waals surface area contributed by atoms with Gasteiger partial charge in [-0.15, -0.1) is 0 Å². The van der Waals surface area contributed by atoms with Gasteiger partial charge in [-0.2, -0.15) is 0 Å². The van der Waals surface area contributed by atoms with E-state index >= 15 is 0 Å². The van der Waals surface area contributed by atoms with Crippen molar-refractivity contribution in [3.8, 4) is 0 Å². The minimum atomic E-state index is -0.787. The van der Waals surface area contributed by atoms with Crippen molar-refractivity contribution in [1.82, 2.24) is 4.90 Å². The molecular weight excluding hydrogens is 306 g/mol. The van der Waals surface area contributed by atoms with Crippen molar-refractivity contribution >= 4 is 17.8 Å². The van der Waals surface area contributed by atoms with Gasteiger partial charge in [-0.1, -0.05) is 42.5 Å². The summed E-state index contributed by atoms with van der Waals surface area (Å²) in [4.78, 5) is 38.6. The molecule has 1 aromatic carbocycles. The molecule has 2 bridgehead atoms. The van der Waals surface area contributed by atoms with E-state index < -0.39 is 5.97 Å². The van der Waals surface area contributed by atoms with E-state index in [1.54, 1.807) is 0 Å². The van der Waals surface area contributed by atoms with E-state index in [1.807, 2.05) is 42.5 Å². The Balaban J connectivity index is 1.46. The Hall–Kier alpha value is -2.43. The van der Waals surface area contributed by atoms with E-state index in [0.717, 1.165) is 5.56 Å². The fourth-order valence-electron chi connectivity index (χ4n) is 5.42. The second kappa shape index (κ2) is 4.56. The number of carbonyl (C=O) groups excluding carboxylic acids is 2. The van der Waals surface area contributed by atoms with E-state index in [4.69, 9.17) is 0 Å². The first kappa shape index (κ1) is 14.0. The first-order valence-electron chi connectivity index (χ1n) is 8.40. The molecule has 5 nitrogen and oxygen atoms in total. The molecule has 1 heterocycles. The lowest BCUT2D eigenvalue weighted by molar-refractivity contribution is -0.142. The minimum absolute atomic E-state index is 0.0344. The summed E-state index contributed by atoms with van der Waals surface area (Å²) in [5.41, 5.74) is 0.937. The van der Waals surface area contributed by atoms with Crippen molar-refractivity contribution in [2.75, 3.05) is 0 Å². The molecule has 5 aliphatic rings. The van der Waals surface area contributed by atoms with Gasteiger partial charge in [0.05, 0.1) is 24.3 Å². The van der Waals surface area contributed by atoms with Crippen LogP contribution >= 0.6 is 0 Å². The van der Waals surface area contributed by atoms with E-state index in [0.29, 0.717) is 6.54 Å². The summed E-state index contributed by atoms with van der Waals surface area (Å²) in [6, 6.07) is 9.51. The Morgan fingerprint density at radius 1 is 0.958 bits per heavy atom.